The lowest BCUT2D eigenvalue weighted by molar-refractivity contribution is -0.115. The Hall–Kier alpha value is -2.87. The average Bonchev–Trinajstić information content (AvgIpc) is 3.23. The van der Waals surface area contributed by atoms with E-state index in [4.69, 9.17) is 14.0 Å². The standard InChI is InChI=1S/C17H17N3O4S/c1-10-9-25-17(18-10)19-16(21)8-12-7-14(24-20-12)11-4-5-13(22-2)15(6-11)23-3/h4-7,9H,8H2,1-3H3,(H,18,19,21). The molecule has 0 aliphatic heterocycles. The first kappa shape index (κ1) is 17.0. The van der Waals surface area contributed by atoms with E-state index in [9.17, 15) is 4.79 Å². The number of carbonyl (C=O) groups excluding carboxylic acids is 1. The number of methoxy groups -OCH3 is 2. The van der Waals surface area contributed by atoms with Crippen molar-refractivity contribution in [2.45, 2.75) is 13.3 Å². The number of carbonyl (C=O) groups is 1. The third-order valence-corrected chi connectivity index (χ3v) is 4.31. The normalized spacial score (nSPS) is 10.5. The van der Waals surface area contributed by atoms with Gasteiger partial charge in [-0.2, -0.15) is 0 Å². The first-order valence-electron chi connectivity index (χ1n) is 7.49. The molecule has 2 heterocycles. The first-order valence-corrected chi connectivity index (χ1v) is 8.37. The zero-order valence-electron chi connectivity index (χ0n) is 14.0. The molecule has 0 saturated carbocycles. The molecule has 0 spiro atoms. The summed E-state index contributed by atoms with van der Waals surface area (Å²) in [6.07, 6.45) is 0.107. The maximum absolute atomic E-state index is 12.1. The number of nitrogens with zero attached hydrogens (tertiary/aromatic N) is 2. The Bertz CT molecular complexity index is 888. The largest absolute Gasteiger partial charge is 0.493 e. The van der Waals surface area contributed by atoms with Crippen molar-refractivity contribution in [3.8, 4) is 22.8 Å². The van der Waals surface area contributed by atoms with Crippen LogP contribution in [0.1, 0.15) is 11.4 Å². The molecule has 0 fully saturated rings. The predicted molar refractivity (Wildman–Crippen MR) is 94.2 cm³/mol. The van der Waals surface area contributed by atoms with Crippen LogP contribution in [-0.2, 0) is 11.2 Å². The zero-order chi connectivity index (χ0) is 17.8. The summed E-state index contributed by atoms with van der Waals surface area (Å²) < 4.78 is 15.8. The maximum atomic E-state index is 12.1. The SMILES string of the molecule is COc1ccc(-c2cc(CC(=O)Nc3nc(C)cs3)no2)cc1OC. The molecule has 2 aromatic heterocycles. The Kier molecular flexibility index (Phi) is 4.99. The van der Waals surface area contributed by atoms with Crippen molar-refractivity contribution in [3.63, 3.8) is 0 Å². The van der Waals surface area contributed by atoms with E-state index in [1.54, 1.807) is 32.4 Å². The van der Waals surface area contributed by atoms with Crippen molar-refractivity contribution in [3.05, 3.63) is 41.0 Å². The van der Waals surface area contributed by atoms with E-state index in [1.165, 1.54) is 11.3 Å². The van der Waals surface area contributed by atoms with Crippen LogP contribution in [0.3, 0.4) is 0 Å². The van der Waals surface area contributed by atoms with E-state index in [0.717, 1.165) is 11.3 Å². The summed E-state index contributed by atoms with van der Waals surface area (Å²) in [4.78, 5) is 16.3. The van der Waals surface area contributed by atoms with E-state index >= 15 is 0 Å². The van der Waals surface area contributed by atoms with Crippen LogP contribution in [0, 0.1) is 6.92 Å². The minimum Gasteiger partial charge on any atom is -0.493 e. The predicted octanol–water partition coefficient (Wildman–Crippen LogP) is 3.30. The molecule has 0 bridgehead atoms. The second-order valence-electron chi connectivity index (χ2n) is 5.27. The molecule has 1 amide bonds. The Labute approximate surface area is 148 Å². The van der Waals surface area contributed by atoms with Crippen molar-refractivity contribution in [1.29, 1.82) is 0 Å². The summed E-state index contributed by atoms with van der Waals surface area (Å²) in [5.41, 5.74) is 2.19. The summed E-state index contributed by atoms with van der Waals surface area (Å²) in [5, 5.41) is 9.15. The molecule has 0 saturated heterocycles. The molecule has 0 aliphatic carbocycles. The number of rotatable bonds is 6. The van der Waals surface area contributed by atoms with Gasteiger partial charge in [0, 0.05) is 17.0 Å². The number of ether oxygens (including phenoxy) is 2. The third-order valence-electron chi connectivity index (χ3n) is 3.43. The van der Waals surface area contributed by atoms with Crippen LogP contribution in [0.5, 0.6) is 11.5 Å². The van der Waals surface area contributed by atoms with Crippen molar-refractivity contribution in [2.75, 3.05) is 19.5 Å². The quantitative estimate of drug-likeness (QED) is 0.727. The van der Waals surface area contributed by atoms with Gasteiger partial charge in [-0.25, -0.2) is 4.98 Å². The van der Waals surface area contributed by atoms with Gasteiger partial charge in [0.2, 0.25) is 5.91 Å². The molecule has 1 N–H and O–H groups in total. The number of anilines is 1. The second kappa shape index (κ2) is 7.35. The van der Waals surface area contributed by atoms with Gasteiger partial charge in [0.05, 0.1) is 32.0 Å². The van der Waals surface area contributed by atoms with Gasteiger partial charge in [-0.1, -0.05) is 5.16 Å². The molecule has 7 nitrogen and oxygen atoms in total. The maximum Gasteiger partial charge on any atom is 0.232 e. The van der Waals surface area contributed by atoms with Gasteiger partial charge in [0.1, 0.15) is 0 Å². The Morgan fingerprint density at radius 2 is 2.04 bits per heavy atom. The lowest BCUT2D eigenvalue weighted by Crippen LogP contribution is -2.14. The van der Waals surface area contributed by atoms with E-state index in [2.05, 4.69) is 15.5 Å². The van der Waals surface area contributed by atoms with Crippen LogP contribution >= 0.6 is 11.3 Å². The molecule has 1 aromatic carbocycles. The van der Waals surface area contributed by atoms with Gasteiger partial charge in [0.25, 0.3) is 0 Å². The summed E-state index contributed by atoms with van der Waals surface area (Å²) in [6, 6.07) is 7.15. The van der Waals surface area contributed by atoms with Crippen LogP contribution in [0.2, 0.25) is 0 Å². The number of aryl methyl sites for hydroxylation is 1. The first-order chi connectivity index (χ1) is 12.1. The number of aromatic nitrogens is 2. The van der Waals surface area contributed by atoms with Crippen molar-refractivity contribution < 1.29 is 18.8 Å². The average molecular weight is 359 g/mol. The van der Waals surface area contributed by atoms with E-state index in [-0.39, 0.29) is 12.3 Å². The fourth-order valence-electron chi connectivity index (χ4n) is 2.26. The van der Waals surface area contributed by atoms with Gasteiger partial charge in [-0.15, -0.1) is 11.3 Å². The molecule has 0 radical (unpaired) electrons. The highest BCUT2D eigenvalue weighted by molar-refractivity contribution is 7.13. The van der Waals surface area contributed by atoms with Gasteiger partial charge in [-0.3, -0.25) is 4.79 Å². The van der Waals surface area contributed by atoms with Gasteiger partial charge >= 0.3 is 0 Å². The minimum atomic E-state index is -0.193. The van der Waals surface area contributed by atoms with Crippen LogP contribution in [0.4, 0.5) is 5.13 Å². The number of hydrogen-bond acceptors (Lipinski definition) is 7. The number of amides is 1. The van der Waals surface area contributed by atoms with E-state index in [1.807, 2.05) is 18.4 Å². The lowest BCUT2D eigenvalue weighted by Gasteiger charge is -2.07. The van der Waals surface area contributed by atoms with Crippen LogP contribution < -0.4 is 14.8 Å². The second-order valence-corrected chi connectivity index (χ2v) is 6.13. The van der Waals surface area contributed by atoms with Gasteiger partial charge in [0.15, 0.2) is 22.4 Å². The molecule has 0 unspecified atom stereocenters. The minimum absolute atomic E-state index is 0.107. The highest BCUT2D eigenvalue weighted by Gasteiger charge is 2.14. The molecule has 3 rings (SSSR count). The highest BCUT2D eigenvalue weighted by Crippen LogP contribution is 2.32. The molecular formula is C17H17N3O4S. The molecule has 0 aliphatic rings. The highest BCUT2D eigenvalue weighted by atomic mass is 32.1. The van der Waals surface area contributed by atoms with Crippen molar-refractivity contribution in [1.82, 2.24) is 10.1 Å². The Morgan fingerprint density at radius 1 is 1.24 bits per heavy atom. The van der Waals surface area contributed by atoms with E-state index < -0.39 is 0 Å². The fraction of sp³-hybridized carbons (Fsp3) is 0.235. The third kappa shape index (κ3) is 3.97. The fourth-order valence-corrected chi connectivity index (χ4v) is 2.96. The molecule has 0 atom stereocenters. The smallest absolute Gasteiger partial charge is 0.232 e. The van der Waals surface area contributed by atoms with Crippen molar-refractivity contribution in [2.24, 2.45) is 0 Å². The lowest BCUT2D eigenvalue weighted by atomic mass is 10.1. The van der Waals surface area contributed by atoms with Crippen LogP contribution in [0.25, 0.3) is 11.3 Å². The zero-order valence-corrected chi connectivity index (χ0v) is 14.8. The van der Waals surface area contributed by atoms with Gasteiger partial charge in [-0.05, 0) is 25.1 Å². The topological polar surface area (TPSA) is 86.5 Å². The van der Waals surface area contributed by atoms with Crippen molar-refractivity contribution >= 4 is 22.4 Å². The number of thiazole rings is 1. The molecule has 8 heteroatoms. The molecule has 130 valence electrons. The number of nitrogens with one attached hydrogen (secondary N) is 1. The molecule has 3 aromatic rings. The van der Waals surface area contributed by atoms with Crippen LogP contribution in [0.15, 0.2) is 34.2 Å². The van der Waals surface area contributed by atoms with Gasteiger partial charge < -0.3 is 19.3 Å². The molecule has 25 heavy (non-hydrogen) atoms. The summed E-state index contributed by atoms with van der Waals surface area (Å²) >= 11 is 1.39. The van der Waals surface area contributed by atoms with Crippen LogP contribution in [-0.4, -0.2) is 30.3 Å². The summed E-state index contributed by atoms with van der Waals surface area (Å²) in [6.45, 7) is 1.87. The monoisotopic (exact) mass is 359 g/mol. The Balaban J connectivity index is 1.70. The van der Waals surface area contributed by atoms with E-state index in [0.29, 0.717) is 28.1 Å². The Morgan fingerprint density at radius 3 is 2.72 bits per heavy atom. The number of hydrogen-bond donors (Lipinski definition) is 1. The summed E-state index contributed by atoms with van der Waals surface area (Å²) in [7, 11) is 3.14. The number of benzene rings is 1. The molecular weight excluding hydrogens is 342 g/mol. The summed E-state index contributed by atoms with van der Waals surface area (Å²) in [5.74, 6) is 1.58.